The molecule has 0 bridgehead atoms. The molecule has 7 heteroatoms. The topological polar surface area (TPSA) is 58.2 Å². The van der Waals surface area contributed by atoms with E-state index in [1.807, 2.05) is 0 Å². The molecule has 0 aliphatic carbocycles. The van der Waals surface area contributed by atoms with Gasteiger partial charge in [0.05, 0.1) is 6.42 Å². The second-order valence-electron chi connectivity index (χ2n) is 4.39. The quantitative estimate of drug-likeness (QED) is 0.797. The Bertz CT molecular complexity index is 687. The highest BCUT2D eigenvalue weighted by atomic mass is 79.9. The van der Waals surface area contributed by atoms with E-state index in [0.29, 0.717) is 5.56 Å². The van der Waals surface area contributed by atoms with Gasteiger partial charge in [-0.05, 0) is 36.4 Å². The molecule has 0 spiro atoms. The number of benzene rings is 2. The summed E-state index contributed by atoms with van der Waals surface area (Å²) in [5.74, 6) is -1.61. The van der Waals surface area contributed by atoms with Crippen LogP contribution in [0, 0.1) is 5.82 Å². The zero-order valence-corrected chi connectivity index (χ0v) is 13.5. The molecule has 2 aromatic rings. The van der Waals surface area contributed by atoms with Crippen molar-refractivity contribution in [3.63, 3.8) is 0 Å². The van der Waals surface area contributed by atoms with Gasteiger partial charge in [-0.3, -0.25) is 20.4 Å². The minimum atomic E-state index is -0.572. The minimum Gasteiger partial charge on any atom is -0.273 e. The van der Waals surface area contributed by atoms with Crippen LogP contribution in [-0.2, 0) is 11.2 Å². The molecule has 2 N–H and O–H groups in total. The lowest BCUT2D eigenvalue weighted by Crippen LogP contribution is -2.42. The summed E-state index contributed by atoms with van der Waals surface area (Å²) in [7, 11) is 0. The number of hydrazine groups is 1. The van der Waals surface area contributed by atoms with Gasteiger partial charge in [-0.2, -0.15) is 0 Å². The summed E-state index contributed by atoms with van der Waals surface area (Å²) in [5.41, 5.74) is 4.95. The average molecular weight is 386 g/mol. The van der Waals surface area contributed by atoms with Gasteiger partial charge in [0.2, 0.25) is 5.91 Å². The van der Waals surface area contributed by atoms with Crippen LogP contribution in [0.4, 0.5) is 4.39 Å². The van der Waals surface area contributed by atoms with E-state index in [4.69, 9.17) is 11.6 Å². The Balaban J connectivity index is 1.93. The summed E-state index contributed by atoms with van der Waals surface area (Å²) >= 11 is 9.09. The maximum Gasteiger partial charge on any atom is 0.269 e. The Morgan fingerprint density at radius 1 is 1.09 bits per heavy atom. The Morgan fingerprint density at radius 3 is 2.41 bits per heavy atom. The SMILES string of the molecule is O=C(Cc1c(F)cccc1Cl)NNC(=O)c1ccc(Br)cc1. The zero-order valence-electron chi connectivity index (χ0n) is 11.2. The largest absolute Gasteiger partial charge is 0.273 e. The number of amides is 2. The number of hydrogen-bond acceptors (Lipinski definition) is 2. The molecule has 0 atom stereocenters. The summed E-state index contributed by atoms with van der Waals surface area (Å²) in [6.07, 6.45) is -0.272. The van der Waals surface area contributed by atoms with Crippen molar-refractivity contribution >= 4 is 39.3 Å². The molecule has 0 fully saturated rings. The number of nitrogens with one attached hydrogen (secondary N) is 2. The molecule has 22 heavy (non-hydrogen) atoms. The van der Waals surface area contributed by atoms with E-state index in [0.717, 1.165) is 4.47 Å². The van der Waals surface area contributed by atoms with Gasteiger partial charge in [-0.1, -0.05) is 33.6 Å². The monoisotopic (exact) mass is 384 g/mol. The third-order valence-corrected chi connectivity index (χ3v) is 3.70. The Kier molecular flexibility index (Phi) is 5.51. The van der Waals surface area contributed by atoms with Gasteiger partial charge < -0.3 is 0 Å². The highest BCUT2D eigenvalue weighted by molar-refractivity contribution is 9.10. The number of hydrogen-bond donors (Lipinski definition) is 2. The maximum atomic E-state index is 13.6. The first-order chi connectivity index (χ1) is 10.5. The van der Waals surface area contributed by atoms with Crippen molar-refractivity contribution in [2.75, 3.05) is 0 Å². The van der Waals surface area contributed by atoms with Crippen molar-refractivity contribution in [1.29, 1.82) is 0 Å². The number of carbonyl (C=O) groups excluding carboxylic acids is 2. The fourth-order valence-corrected chi connectivity index (χ4v) is 2.20. The van der Waals surface area contributed by atoms with Crippen LogP contribution in [0.2, 0.25) is 5.02 Å². The van der Waals surface area contributed by atoms with Crippen LogP contribution in [-0.4, -0.2) is 11.8 Å². The molecule has 0 saturated heterocycles. The normalized spacial score (nSPS) is 10.1. The lowest BCUT2D eigenvalue weighted by molar-refractivity contribution is -0.121. The molecule has 0 heterocycles. The van der Waals surface area contributed by atoms with E-state index in [1.54, 1.807) is 24.3 Å². The van der Waals surface area contributed by atoms with E-state index >= 15 is 0 Å². The van der Waals surface area contributed by atoms with Gasteiger partial charge in [-0.25, -0.2) is 4.39 Å². The van der Waals surface area contributed by atoms with E-state index < -0.39 is 17.6 Å². The van der Waals surface area contributed by atoms with Gasteiger partial charge in [0.25, 0.3) is 5.91 Å². The number of rotatable bonds is 3. The van der Waals surface area contributed by atoms with Crippen molar-refractivity contribution in [3.8, 4) is 0 Å². The van der Waals surface area contributed by atoms with Crippen molar-refractivity contribution in [2.45, 2.75) is 6.42 Å². The molecular weight excluding hydrogens is 375 g/mol. The molecule has 0 aliphatic rings. The molecule has 2 aromatic carbocycles. The van der Waals surface area contributed by atoms with Gasteiger partial charge in [0.1, 0.15) is 5.82 Å². The van der Waals surface area contributed by atoms with Crippen molar-refractivity contribution in [3.05, 3.63) is 68.9 Å². The maximum absolute atomic E-state index is 13.6. The summed E-state index contributed by atoms with van der Waals surface area (Å²) in [6, 6.07) is 10.8. The third-order valence-electron chi connectivity index (χ3n) is 2.82. The third kappa shape index (κ3) is 4.29. The van der Waals surface area contributed by atoms with Crippen LogP contribution in [0.5, 0.6) is 0 Å². The molecule has 0 aliphatic heterocycles. The van der Waals surface area contributed by atoms with Gasteiger partial charge >= 0.3 is 0 Å². The van der Waals surface area contributed by atoms with E-state index in [9.17, 15) is 14.0 Å². The standard InChI is InChI=1S/C15H11BrClFN2O2/c16-10-6-4-9(5-7-10)15(22)20-19-14(21)8-11-12(17)2-1-3-13(11)18/h1-7H,8H2,(H,19,21)(H,20,22). The Morgan fingerprint density at radius 2 is 1.77 bits per heavy atom. The molecular formula is C15H11BrClFN2O2. The fourth-order valence-electron chi connectivity index (χ4n) is 1.71. The summed E-state index contributed by atoms with van der Waals surface area (Å²) < 4.78 is 14.4. The van der Waals surface area contributed by atoms with E-state index in [2.05, 4.69) is 26.8 Å². The molecule has 0 saturated carbocycles. The summed E-state index contributed by atoms with van der Waals surface area (Å²) in [5, 5.41) is 0.161. The Labute approximate surface area is 139 Å². The highest BCUT2D eigenvalue weighted by Gasteiger charge is 2.13. The minimum absolute atomic E-state index is 0.0829. The predicted molar refractivity (Wildman–Crippen MR) is 84.9 cm³/mol. The van der Waals surface area contributed by atoms with Crippen LogP contribution in [0.3, 0.4) is 0 Å². The van der Waals surface area contributed by atoms with Crippen LogP contribution in [0.25, 0.3) is 0 Å². The average Bonchev–Trinajstić information content (AvgIpc) is 2.49. The second kappa shape index (κ2) is 7.38. The molecule has 0 radical (unpaired) electrons. The lowest BCUT2D eigenvalue weighted by Gasteiger charge is -2.09. The molecule has 0 aromatic heterocycles. The first-order valence-corrected chi connectivity index (χ1v) is 7.42. The fraction of sp³-hybridized carbons (Fsp3) is 0.0667. The van der Waals surface area contributed by atoms with Gasteiger partial charge in [0.15, 0.2) is 0 Å². The van der Waals surface area contributed by atoms with Crippen LogP contribution < -0.4 is 10.9 Å². The van der Waals surface area contributed by atoms with Crippen LogP contribution >= 0.6 is 27.5 Å². The molecule has 114 valence electrons. The molecule has 2 amide bonds. The van der Waals surface area contributed by atoms with Crippen molar-refractivity contribution in [1.82, 2.24) is 10.9 Å². The molecule has 2 rings (SSSR count). The van der Waals surface area contributed by atoms with E-state index in [-0.39, 0.29) is 17.0 Å². The lowest BCUT2D eigenvalue weighted by atomic mass is 10.1. The predicted octanol–water partition coefficient (Wildman–Crippen LogP) is 3.25. The first-order valence-electron chi connectivity index (χ1n) is 6.25. The summed E-state index contributed by atoms with van der Waals surface area (Å²) in [4.78, 5) is 23.6. The van der Waals surface area contributed by atoms with Crippen molar-refractivity contribution in [2.24, 2.45) is 0 Å². The molecule has 0 unspecified atom stereocenters. The van der Waals surface area contributed by atoms with Crippen molar-refractivity contribution < 1.29 is 14.0 Å². The highest BCUT2D eigenvalue weighted by Crippen LogP contribution is 2.19. The van der Waals surface area contributed by atoms with Crippen LogP contribution in [0.1, 0.15) is 15.9 Å². The Hall–Kier alpha value is -1.92. The molecule has 4 nitrogen and oxygen atoms in total. The van der Waals surface area contributed by atoms with Gasteiger partial charge in [0, 0.05) is 20.6 Å². The van der Waals surface area contributed by atoms with E-state index in [1.165, 1.54) is 18.2 Å². The number of carbonyl (C=O) groups is 2. The summed E-state index contributed by atoms with van der Waals surface area (Å²) in [6.45, 7) is 0. The first kappa shape index (κ1) is 16.5. The number of halogens is 3. The van der Waals surface area contributed by atoms with Crippen LogP contribution in [0.15, 0.2) is 46.9 Å². The zero-order chi connectivity index (χ0) is 16.1. The van der Waals surface area contributed by atoms with Gasteiger partial charge in [-0.15, -0.1) is 0 Å². The smallest absolute Gasteiger partial charge is 0.269 e. The second-order valence-corrected chi connectivity index (χ2v) is 5.71.